The van der Waals surface area contributed by atoms with E-state index in [-0.39, 0.29) is 0 Å². The summed E-state index contributed by atoms with van der Waals surface area (Å²) in [6.45, 7) is 3.93. The molecular weight excluding hydrogens is 532 g/mol. The fraction of sp³-hybridized carbons (Fsp3) is 0.0476. The first-order chi connectivity index (χ1) is 21.8. The zero-order chi connectivity index (χ0) is 29.7. The van der Waals surface area contributed by atoms with Gasteiger partial charge in [-0.25, -0.2) is 0 Å². The summed E-state index contributed by atoms with van der Waals surface area (Å²) >= 11 is 0. The molecule has 0 aliphatic rings. The number of hydrogen-bond acceptors (Lipinski definition) is 2. The van der Waals surface area contributed by atoms with E-state index < -0.39 is 0 Å². The first kappa shape index (κ1) is 27.2. The highest BCUT2D eigenvalue weighted by Gasteiger charge is 2.24. The van der Waals surface area contributed by atoms with Crippen LogP contribution in [0.2, 0.25) is 0 Å². The molecule has 0 fully saturated rings. The largest absolute Gasteiger partial charge is 0.316 e. The molecule has 0 saturated heterocycles. The lowest BCUT2D eigenvalue weighted by molar-refractivity contribution is 1.05. The Labute approximate surface area is 259 Å². The third kappa shape index (κ3) is 5.01. The van der Waals surface area contributed by atoms with Crippen molar-refractivity contribution in [3.8, 4) is 0 Å². The molecule has 0 spiro atoms. The van der Waals surface area contributed by atoms with Crippen molar-refractivity contribution in [2.45, 2.75) is 12.8 Å². The number of benzene rings is 7. The Bertz CT molecular complexity index is 2040. The van der Waals surface area contributed by atoms with Gasteiger partial charge in [-0.05, 0) is 60.0 Å². The predicted molar refractivity (Wildman–Crippen MR) is 191 cm³/mol. The Hall–Kier alpha value is -5.60. The van der Waals surface area contributed by atoms with Crippen molar-refractivity contribution in [3.05, 3.63) is 177 Å². The molecule has 0 atom stereocenters. The van der Waals surface area contributed by atoms with Crippen LogP contribution in [0, 0.1) is 0 Å². The van der Waals surface area contributed by atoms with Gasteiger partial charge in [-0.3, -0.25) is 0 Å². The Balaban J connectivity index is 1.65. The Kier molecular flexibility index (Phi) is 7.63. The number of anilines is 5. The van der Waals surface area contributed by atoms with E-state index in [1.807, 2.05) is 6.08 Å². The molecule has 0 unspecified atom stereocenters. The molecule has 0 saturated carbocycles. The smallest absolute Gasteiger partial charge is 0.0620 e. The van der Waals surface area contributed by atoms with Crippen LogP contribution in [0.25, 0.3) is 32.3 Å². The van der Waals surface area contributed by atoms with E-state index in [0.717, 1.165) is 29.9 Å². The molecular formula is C42H34N2. The van der Waals surface area contributed by atoms with Gasteiger partial charge in [0.2, 0.25) is 0 Å². The average Bonchev–Trinajstić information content (AvgIpc) is 3.10. The summed E-state index contributed by atoms with van der Waals surface area (Å²) in [5.74, 6) is 0. The van der Waals surface area contributed by atoms with E-state index in [0.29, 0.717) is 0 Å². The fourth-order valence-corrected chi connectivity index (χ4v) is 6.22. The van der Waals surface area contributed by atoms with Crippen molar-refractivity contribution < 1.29 is 0 Å². The average molecular weight is 567 g/mol. The number of hydrogen-bond donors (Lipinski definition) is 0. The molecule has 0 radical (unpaired) electrons. The van der Waals surface area contributed by atoms with Crippen LogP contribution in [0.1, 0.15) is 12.8 Å². The minimum absolute atomic E-state index is 0.928. The Morgan fingerprint density at radius 1 is 0.455 bits per heavy atom. The number of fused-ring (bicyclic) bond motifs is 4. The molecule has 0 bridgehead atoms. The summed E-state index contributed by atoms with van der Waals surface area (Å²) < 4.78 is 0. The van der Waals surface area contributed by atoms with Gasteiger partial charge >= 0.3 is 0 Å². The quantitative estimate of drug-likeness (QED) is 0.0564. The number of allylic oxidation sites excluding steroid dienone is 2. The van der Waals surface area contributed by atoms with Gasteiger partial charge < -0.3 is 9.80 Å². The Morgan fingerprint density at radius 3 is 1.59 bits per heavy atom. The monoisotopic (exact) mass is 566 g/mol. The summed E-state index contributed by atoms with van der Waals surface area (Å²) in [5, 5.41) is 7.26. The zero-order valence-electron chi connectivity index (χ0n) is 24.7. The molecule has 0 aliphatic heterocycles. The highest BCUT2D eigenvalue weighted by atomic mass is 15.2. The molecule has 0 heterocycles. The molecule has 0 N–H and O–H groups in total. The van der Waals surface area contributed by atoms with Gasteiger partial charge in [0.1, 0.15) is 0 Å². The second-order valence-corrected chi connectivity index (χ2v) is 10.9. The second-order valence-electron chi connectivity index (χ2n) is 10.9. The summed E-state index contributed by atoms with van der Waals surface area (Å²) in [5.41, 5.74) is 5.72. The first-order valence-electron chi connectivity index (χ1n) is 15.2. The van der Waals surface area contributed by atoms with Gasteiger partial charge in [0.05, 0.1) is 11.4 Å². The molecule has 212 valence electrons. The normalized spacial score (nSPS) is 11.4. The van der Waals surface area contributed by atoms with E-state index >= 15 is 0 Å². The third-order valence-electron chi connectivity index (χ3n) is 8.18. The molecule has 7 rings (SSSR count). The van der Waals surface area contributed by atoms with Crippen LogP contribution >= 0.6 is 0 Å². The van der Waals surface area contributed by atoms with Gasteiger partial charge in [-0.15, -0.1) is 6.58 Å². The summed E-state index contributed by atoms with van der Waals surface area (Å²) in [4.78, 5) is 4.79. The summed E-state index contributed by atoms with van der Waals surface area (Å²) in [7, 11) is 0. The predicted octanol–water partition coefficient (Wildman–Crippen LogP) is 12.2. The standard InChI is InChI=1S/C42H34N2/c1-2-3-4-18-31-43(33-20-8-5-9-21-33)42-38-28-17-16-27-37(38)41(39-30-29-32-19-14-15-26-36(32)40(39)42)44(34-22-10-6-11-23-34)35-24-12-7-13-25-35/h2,5-31H,1,3-4H2/b31-18+. The van der Waals surface area contributed by atoms with Crippen molar-refractivity contribution in [1.82, 2.24) is 0 Å². The first-order valence-corrected chi connectivity index (χ1v) is 15.2. The van der Waals surface area contributed by atoms with Crippen LogP contribution < -0.4 is 9.80 Å². The van der Waals surface area contributed by atoms with Crippen molar-refractivity contribution in [3.63, 3.8) is 0 Å². The summed E-state index contributed by atoms with van der Waals surface area (Å²) in [6.07, 6.45) is 8.34. The van der Waals surface area contributed by atoms with Crippen LogP contribution in [0.3, 0.4) is 0 Å². The molecule has 0 aliphatic carbocycles. The number of rotatable bonds is 9. The second kappa shape index (κ2) is 12.3. The topological polar surface area (TPSA) is 6.48 Å². The summed E-state index contributed by atoms with van der Waals surface area (Å²) in [6, 6.07) is 54.3. The van der Waals surface area contributed by atoms with Crippen molar-refractivity contribution in [2.75, 3.05) is 9.80 Å². The molecule has 0 amide bonds. The molecule has 0 aromatic heterocycles. The third-order valence-corrected chi connectivity index (χ3v) is 8.18. The number of para-hydroxylation sites is 3. The van der Waals surface area contributed by atoms with Crippen LogP contribution in [-0.4, -0.2) is 0 Å². The lowest BCUT2D eigenvalue weighted by Gasteiger charge is -2.32. The maximum atomic E-state index is 3.93. The minimum Gasteiger partial charge on any atom is -0.316 e. The maximum absolute atomic E-state index is 3.93. The molecule has 7 aromatic carbocycles. The lowest BCUT2D eigenvalue weighted by atomic mass is 9.92. The zero-order valence-corrected chi connectivity index (χ0v) is 24.7. The van der Waals surface area contributed by atoms with E-state index in [4.69, 9.17) is 0 Å². The van der Waals surface area contributed by atoms with Gasteiger partial charge in [0.15, 0.2) is 0 Å². The van der Waals surface area contributed by atoms with E-state index in [2.05, 4.69) is 180 Å². The highest BCUT2D eigenvalue weighted by Crippen LogP contribution is 2.51. The van der Waals surface area contributed by atoms with Gasteiger partial charge in [0.25, 0.3) is 0 Å². The highest BCUT2D eigenvalue weighted by molar-refractivity contribution is 6.28. The van der Waals surface area contributed by atoms with Crippen LogP contribution in [-0.2, 0) is 0 Å². The van der Waals surface area contributed by atoms with Gasteiger partial charge in [0, 0.05) is 44.8 Å². The Morgan fingerprint density at radius 2 is 0.977 bits per heavy atom. The lowest BCUT2D eigenvalue weighted by Crippen LogP contribution is -2.14. The van der Waals surface area contributed by atoms with E-state index in [9.17, 15) is 0 Å². The van der Waals surface area contributed by atoms with E-state index in [1.165, 1.54) is 43.7 Å². The maximum Gasteiger partial charge on any atom is 0.0620 e. The van der Waals surface area contributed by atoms with Crippen molar-refractivity contribution >= 4 is 60.8 Å². The number of unbranched alkanes of at least 4 members (excludes halogenated alkanes) is 1. The van der Waals surface area contributed by atoms with Crippen LogP contribution in [0.5, 0.6) is 0 Å². The minimum atomic E-state index is 0.928. The van der Waals surface area contributed by atoms with Crippen LogP contribution in [0.4, 0.5) is 28.4 Å². The van der Waals surface area contributed by atoms with E-state index in [1.54, 1.807) is 0 Å². The SMILES string of the molecule is C=CCC/C=C/N(c1ccccc1)c1c2ccccc2c(N(c2ccccc2)c2ccccc2)c2ccc3ccccc3c12. The molecule has 2 heteroatoms. The van der Waals surface area contributed by atoms with Gasteiger partial charge in [-0.1, -0.05) is 127 Å². The number of nitrogens with zero attached hydrogens (tertiary/aromatic N) is 2. The molecule has 7 aromatic rings. The van der Waals surface area contributed by atoms with Gasteiger partial charge in [-0.2, -0.15) is 0 Å². The fourth-order valence-electron chi connectivity index (χ4n) is 6.22. The molecule has 2 nitrogen and oxygen atoms in total. The van der Waals surface area contributed by atoms with Crippen molar-refractivity contribution in [2.24, 2.45) is 0 Å². The van der Waals surface area contributed by atoms with Crippen LogP contribution in [0.15, 0.2) is 177 Å². The van der Waals surface area contributed by atoms with Crippen molar-refractivity contribution in [1.29, 1.82) is 0 Å². The molecule has 44 heavy (non-hydrogen) atoms.